The van der Waals surface area contributed by atoms with Gasteiger partial charge in [0.05, 0.1) is 11.8 Å². The van der Waals surface area contributed by atoms with Crippen LogP contribution in [0.4, 0.5) is 19.4 Å². The molecule has 0 saturated carbocycles. The highest BCUT2D eigenvalue weighted by molar-refractivity contribution is 5.99. The maximum Gasteiger partial charge on any atom is 0.418 e. The normalized spacial score (nSPS) is 20.4. The number of ether oxygens (including phenoxy) is 3. The van der Waals surface area contributed by atoms with Crippen LogP contribution in [0.2, 0.25) is 0 Å². The van der Waals surface area contributed by atoms with Crippen molar-refractivity contribution in [2.45, 2.75) is 83.8 Å². The van der Waals surface area contributed by atoms with E-state index in [4.69, 9.17) is 24.8 Å². The molecule has 1 aromatic carbocycles. The first-order valence-electron chi connectivity index (χ1n) is 18.0. The predicted molar refractivity (Wildman–Crippen MR) is 196 cm³/mol. The molecule has 4 atom stereocenters. The second-order valence-corrected chi connectivity index (χ2v) is 14.5. The summed E-state index contributed by atoms with van der Waals surface area (Å²) in [5.41, 5.74) is 4.38. The predicted octanol–water partition coefficient (Wildman–Crippen LogP) is 3.80. The number of nitrogens with two attached hydrogens (primary N) is 1. The lowest BCUT2D eigenvalue weighted by Gasteiger charge is -2.42. The van der Waals surface area contributed by atoms with Gasteiger partial charge >= 0.3 is 12.1 Å². The summed E-state index contributed by atoms with van der Waals surface area (Å²) in [4.78, 5) is 80.6. The van der Waals surface area contributed by atoms with Crippen molar-refractivity contribution in [1.29, 1.82) is 0 Å². The van der Waals surface area contributed by atoms with E-state index in [2.05, 4.69) is 15.5 Å². The number of aromatic nitrogens is 2. The molecule has 3 aliphatic heterocycles. The molecule has 0 aliphatic carbocycles. The van der Waals surface area contributed by atoms with Gasteiger partial charge in [-0.2, -0.15) is 0 Å². The van der Waals surface area contributed by atoms with E-state index in [1.54, 1.807) is 30.9 Å². The standard InChI is InChI=1S/C38H43F2N7O9/c1-20(2)29(41)36(51)53-18-24-7-6-12-42-33(24)45(5)37(52)55-19-54-32-30-35(50)46-17-28(38(11-10-22(46)4)14-21(3)44-56-38)47(30)16-26(31(32)48)34(49)43-15-23-8-9-25(39)13-27(23)40/h6-9,12-13,16,20,22,28-29H,10-11,14-15,17-19,41H2,1-5H3,(H,43,49)/t22-,28+,29-,38-/m0/s1. The van der Waals surface area contributed by atoms with Crippen molar-refractivity contribution in [1.82, 2.24) is 19.8 Å². The summed E-state index contributed by atoms with van der Waals surface area (Å²) in [6.45, 7) is 5.91. The highest BCUT2D eigenvalue weighted by atomic mass is 19.1. The fraction of sp³-hybridized carbons (Fsp3) is 0.447. The molecule has 1 spiro atoms. The lowest BCUT2D eigenvalue weighted by Crippen LogP contribution is -2.52. The van der Waals surface area contributed by atoms with E-state index in [-0.39, 0.29) is 48.7 Å². The van der Waals surface area contributed by atoms with Gasteiger partial charge in [-0.3, -0.25) is 24.1 Å². The second-order valence-electron chi connectivity index (χ2n) is 14.5. The largest absolute Gasteiger partial charge is 0.460 e. The Labute approximate surface area is 320 Å². The molecule has 2 bridgehead atoms. The van der Waals surface area contributed by atoms with Crippen LogP contribution in [-0.4, -0.2) is 82.1 Å². The van der Waals surface area contributed by atoms with Gasteiger partial charge in [-0.1, -0.05) is 31.1 Å². The van der Waals surface area contributed by atoms with E-state index >= 15 is 0 Å². The third-order valence-electron chi connectivity index (χ3n) is 10.3. The van der Waals surface area contributed by atoms with Gasteiger partial charge in [-0.25, -0.2) is 18.6 Å². The molecule has 6 rings (SSSR count). The Morgan fingerprint density at radius 1 is 1.16 bits per heavy atom. The van der Waals surface area contributed by atoms with E-state index in [0.717, 1.165) is 22.7 Å². The van der Waals surface area contributed by atoms with Crippen LogP contribution >= 0.6 is 0 Å². The number of nitrogens with zero attached hydrogens (tertiary/aromatic N) is 5. The van der Waals surface area contributed by atoms with Gasteiger partial charge in [0.1, 0.15) is 35.7 Å². The fourth-order valence-electron chi connectivity index (χ4n) is 7.03. The Kier molecular flexibility index (Phi) is 11.4. The summed E-state index contributed by atoms with van der Waals surface area (Å²) in [7, 11) is 1.36. The number of benzene rings is 1. The number of esters is 1. The van der Waals surface area contributed by atoms with Gasteiger partial charge in [0.25, 0.3) is 11.8 Å². The Bertz CT molecular complexity index is 2140. The van der Waals surface area contributed by atoms with Gasteiger partial charge in [0.15, 0.2) is 11.3 Å². The van der Waals surface area contributed by atoms with Crippen LogP contribution in [0.5, 0.6) is 5.75 Å². The molecule has 5 heterocycles. The molecular formula is C38H43F2N7O9. The molecule has 56 heavy (non-hydrogen) atoms. The van der Waals surface area contributed by atoms with Crippen LogP contribution in [0.15, 0.2) is 52.7 Å². The minimum atomic E-state index is -0.999. The van der Waals surface area contributed by atoms with Crippen molar-refractivity contribution in [3.8, 4) is 5.75 Å². The summed E-state index contributed by atoms with van der Waals surface area (Å²) in [6.07, 6.45) is 3.16. The van der Waals surface area contributed by atoms with Crippen LogP contribution in [0.3, 0.4) is 0 Å². The molecule has 16 nitrogen and oxygen atoms in total. The highest BCUT2D eigenvalue weighted by Gasteiger charge is 2.54. The number of fused-ring (bicyclic) bond motifs is 5. The van der Waals surface area contributed by atoms with E-state index in [1.165, 1.54) is 24.0 Å². The summed E-state index contributed by atoms with van der Waals surface area (Å²) in [5.74, 6) is -4.44. The number of carbonyl (C=O) groups is 4. The van der Waals surface area contributed by atoms with Crippen LogP contribution in [0, 0.1) is 17.6 Å². The maximum absolute atomic E-state index is 14.4. The van der Waals surface area contributed by atoms with Crippen molar-refractivity contribution in [2.24, 2.45) is 16.8 Å². The molecule has 3 N–H and O–H groups in total. The van der Waals surface area contributed by atoms with Crippen molar-refractivity contribution < 1.29 is 47.0 Å². The van der Waals surface area contributed by atoms with Crippen molar-refractivity contribution in [2.75, 3.05) is 25.3 Å². The monoisotopic (exact) mass is 779 g/mol. The first-order chi connectivity index (χ1) is 26.6. The maximum atomic E-state index is 14.4. The Morgan fingerprint density at radius 3 is 2.62 bits per heavy atom. The van der Waals surface area contributed by atoms with Crippen molar-refractivity contribution in [3.63, 3.8) is 0 Å². The molecule has 1 saturated heterocycles. The number of carbonyl (C=O) groups excluding carboxylic acids is 4. The number of rotatable bonds is 11. The van der Waals surface area contributed by atoms with Gasteiger partial charge in [0, 0.05) is 62.2 Å². The number of halogens is 2. The molecular weight excluding hydrogens is 736 g/mol. The van der Waals surface area contributed by atoms with Crippen LogP contribution in [0.1, 0.15) is 85.0 Å². The molecule has 18 heteroatoms. The lowest BCUT2D eigenvalue weighted by molar-refractivity contribution is -0.147. The number of hydrogen-bond donors (Lipinski definition) is 2. The molecule has 2 aromatic heterocycles. The summed E-state index contributed by atoms with van der Waals surface area (Å²) < 4.78 is 46.0. The van der Waals surface area contributed by atoms with Gasteiger partial charge in [-0.05, 0) is 44.7 Å². The van der Waals surface area contributed by atoms with Gasteiger partial charge < -0.3 is 39.6 Å². The topological polar surface area (TPSA) is 197 Å². The zero-order chi connectivity index (χ0) is 40.5. The number of amides is 3. The average molecular weight is 780 g/mol. The third-order valence-corrected chi connectivity index (χ3v) is 10.3. The number of nitrogens with one attached hydrogen (secondary N) is 1. The smallest absolute Gasteiger partial charge is 0.418 e. The minimum Gasteiger partial charge on any atom is -0.460 e. The Morgan fingerprint density at radius 2 is 1.93 bits per heavy atom. The number of pyridine rings is 2. The zero-order valence-corrected chi connectivity index (χ0v) is 31.5. The quantitative estimate of drug-likeness (QED) is 0.212. The summed E-state index contributed by atoms with van der Waals surface area (Å²) >= 11 is 0. The molecule has 0 radical (unpaired) electrons. The number of anilines is 1. The Balaban J connectivity index is 1.29. The van der Waals surface area contributed by atoms with Crippen LogP contribution in [0.25, 0.3) is 0 Å². The SMILES string of the molecule is CC1=NO[C@@]2(CC[C@H](C)N3C[C@H]2n2cc(C(=O)NCc4ccc(F)cc4F)c(=O)c(OCOC(=O)N(C)c4ncccc4COC(=O)[C@@H](N)C(C)C)c2C3=O)C1. The molecule has 298 valence electrons. The minimum absolute atomic E-state index is 0.0341. The number of hydrogen-bond acceptors (Lipinski definition) is 12. The van der Waals surface area contributed by atoms with E-state index in [9.17, 15) is 32.8 Å². The molecule has 3 aromatic rings. The molecule has 3 amide bonds. The summed E-state index contributed by atoms with van der Waals surface area (Å²) in [6, 6.07) is 4.30. The third kappa shape index (κ3) is 7.78. The Hall–Kier alpha value is -5.91. The first-order valence-corrected chi connectivity index (χ1v) is 18.0. The van der Waals surface area contributed by atoms with E-state index in [1.807, 2.05) is 13.8 Å². The van der Waals surface area contributed by atoms with Gasteiger partial charge in [-0.15, -0.1) is 0 Å². The lowest BCUT2D eigenvalue weighted by atomic mass is 9.84. The summed E-state index contributed by atoms with van der Waals surface area (Å²) in [5, 5.41) is 6.70. The molecule has 3 aliphatic rings. The number of oxime groups is 1. The second kappa shape index (κ2) is 16.1. The van der Waals surface area contributed by atoms with Crippen molar-refractivity contribution in [3.05, 3.63) is 87.0 Å². The highest BCUT2D eigenvalue weighted by Crippen LogP contribution is 2.46. The average Bonchev–Trinajstić information content (AvgIpc) is 3.50. The van der Waals surface area contributed by atoms with E-state index in [0.29, 0.717) is 30.9 Å². The van der Waals surface area contributed by atoms with Crippen molar-refractivity contribution >= 4 is 35.4 Å². The molecule has 1 fully saturated rings. The first kappa shape index (κ1) is 39.8. The fourth-order valence-corrected chi connectivity index (χ4v) is 7.03. The molecule has 0 unspecified atom stereocenters. The zero-order valence-electron chi connectivity index (χ0n) is 31.5. The van der Waals surface area contributed by atoms with Crippen LogP contribution in [-0.2, 0) is 32.3 Å². The van der Waals surface area contributed by atoms with Gasteiger partial charge in [0.2, 0.25) is 18.0 Å². The van der Waals surface area contributed by atoms with E-state index < -0.39 is 76.7 Å². The van der Waals surface area contributed by atoms with Crippen LogP contribution < -0.4 is 26.1 Å².